The van der Waals surface area contributed by atoms with Crippen molar-refractivity contribution in [3.05, 3.63) is 18.2 Å². The van der Waals surface area contributed by atoms with Gasteiger partial charge in [-0.1, -0.05) is 0 Å². The first-order chi connectivity index (χ1) is 7.70. The zero-order chi connectivity index (χ0) is 11.5. The van der Waals surface area contributed by atoms with Crippen LogP contribution in [0.25, 0.3) is 0 Å². The van der Waals surface area contributed by atoms with E-state index in [4.69, 9.17) is 5.73 Å². The predicted molar refractivity (Wildman–Crippen MR) is 64.9 cm³/mol. The van der Waals surface area contributed by atoms with Crippen molar-refractivity contribution in [1.82, 2.24) is 14.5 Å². The van der Waals surface area contributed by atoms with Gasteiger partial charge in [0.1, 0.15) is 0 Å². The Balaban J connectivity index is 1.92. The van der Waals surface area contributed by atoms with Crippen LogP contribution in [0.5, 0.6) is 0 Å². The average molecular weight is 222 g/mol. The van der Waals surface area contributed by atoms with Gasteiger partial charge in [-0.3, -0.25) is 0 Å². The molecule has 1 fully saturated rings. The zero-order valence-corrected chi connectivity index (χ0v) is 10.3. The summed E-state index contributed by atoms with van der Waals surface area (Å²) in [5.74, 6) is 0.752. The fourth-order valence-electron chi connectivity index (χ4n) is 2.44. The molecule has 0 amide bonds. The first-order valence-electron chi connectivity index (χ1n) is 6.14. The molecule has 4 heteroatoms. The van der Waals surface area contributed by atoms with Crippen LogP contribution in [0.15, 0.2) is 12.5 Å². The van der Waals surface area contributed by atoms with Gasteiger partial charge in [-0.2, -0.15) is 0 Å². The lowest BCUT2D eigenvalue weighted by Crippen LogP contribution is -2.28. The average Bonchev–Trinajstić information content (AvgIpc) is 2.87. The molecule has 1 aliphatic rings. The zero-order valence-electron chi connectivity index (χ0n) is 10.3. The van der Waals surface area contributed by atoms with E-state index in [1.54, 1.807) is 0 Å². The van der Waals surface area contributed by atoms with Crippen LogP contribution < -0.4 is 5.73 Å². The number of likely N-dealkylation sites (tertiary alicyclic amines) is 1. The highest BCUT2D eigenvalue weighted by atomic mass is 15.2. The van der Waals surface area contributed by atoms with E-state index >= 15 is 0 Å². The highest BCUT2D eigenvalue weighted by molar-refractivity contribution is 4.98. The molecule has 16 heavy (non-hydrogen) atoms. The van der Waals surface area contributed by atoms with Gasteiger partial charge in [0, 0.05) is 31.9 Å². The summed E-state index contributed by atoms with van der Waals surface area (Å²) >= 11 is 0. The van der Waals surface area contributed by atoms with Crippen LogP contribution in [0.1, 0.15) is 26.0 Å². The highest BCUT2D eigenvalue weighted by Crippen LogP contribution is 2.20. The Bertz CT molecular complexity index is 332. The maximum Gasteiger partial charge on any atom is 0.0948 e. The smallest absolute Gasteiger partial charge is 0.0948 e. The van der Waals surface area contributed by atoms with E-state index in [1.165, 1.54) is 19.5 Å². The quantitative estimate of drug-likeness (QED) is 0.829. The van der Waals surface area contributed by atoms with Crippen LogP contribution in [0.3, 0.4) is 0 Å². The Labute approximate surface area is 97.4 Å². The van der Waals surface area contributed by atoms with E-state index in [0.717, 1.165) is 18.2 Å². The highest BCUT2D eigenvalue weighted by Gasteiger charge is 2.24. The van der Waals surface area contributed by atoms with Gasteiger partial charge in [-0.25, -0.2) is 4.98 Å². The fourth-order valence-corrected chi connectivity index (χ4v) is 2.44. The van der Waals surface area contributed by atoms with Crippen LogP contribution >= 0.6 is 0 Å². The molecule has 0 spiro atoms. The molecule has 0 aromatic carbocycles. The number of nitrogens with zero attached hydrogens (tertiary/aromatic N) is 3. The number of nitrogens with two attached hydrogens (primary N) is 1. The van der Waals surface area contributed by atoms with E-state index in [9.17, 15) is 0 Å². The summed E-state index contributed by atoms with van der Waals surface area (Å²) in [5, 5.41) is 0. The second kappa shape index (κ2) is 4.97. The van der Waals surface area contributed by atoms with E-state index in [1.807, 2.05) is 12.5 Å². The molecular weight excluding hydrogens is 200 g/mol. The number of imidazole rings is 1. The molecule has 1 aromatic rings. The summed E-state index contributed by atoms with van der Waals surface area (Å²) in [6, 6.07) is 0.668. The Kier molecular flexibility index (Phi) is 3.61. The minimum atomic E-state index is 0.584. The predicted octanol–water partition coefficient (Wildman–Crippen LogP) is 1.07. The molecule has 2 rings (SSSR count). The molecule has 1 atom stereocenters. The maximum atomic E-state index is 5.67. The minimum absolute atomic E-state index is 0.584. The third-order valence-corrected chi connectivity index (χ3v) is 3.51. The van der Waals surface area contributed by atoms with E-state index in [2.05, 4.69) is 28.3 Å². The number of aromatic nitrogens is 2. The molecule has 0 saturated carbocycles. The molecule has 1 aromatic heterocycles. The topological polar surface area (TPSA) is 47.1 Å². The molecular formula is C12H22N4. The Morgan fingerprint density at radius 2 is 2.38 bits per heavy atom. The Morgan fingerprint density at radius 3 is 3.00 bits per heavy atom. The second-order valence-corrected chi connectivity index (χ2v) is 4.98. The Hall–Kier alpha value is -0.870. The molecule has 0 bridgehead atoms. The van der Waals surface area contributed by atoms with Gasteiger partial charge in [0.05, 0.1) is 12.0 Å². The number of hydrogen-bond acceptors (Lipinski definition) is 3. The first-order valence-corrected chi connectivity index (χ1v) is 6.14. The summed E-state index contributed by atoms with van der Waals surface area (Å²) < 4.78 is 2.20. The van der Waals surface area contributed by atoms with E-state index in [-0.39, 0.29) is 0 Å². The van der Waals surface area contributed by atoms with Crippen LogP contribution in [-0.2, 0) is 13.1 Å². The van der Waals surface area contributed by atoms with E-state index in [0.29, 0.717) is 12.6 Å². The first kappa shape index (κ1) is 11.6. The van der Waals surface area contributed by atoms with Gasteiger partial charge in [-0.15, -0.1) is 0 Å². The van der Waals surface area contributed by atoms with Gasteiger partial charge >= 0.3 is 0 Å². The van der Waals surface area contributed by atoms with Crippen molar-refractivity contribution in [1.29, 1.82) is 0 Å². The Morgan fingerprint density at radius 1 is 1.56 bits per heavy atom. The standard InChI is InChI=1S/C12H22N4/c1-10(2)15-4-3-11(7-15)8-16-9-14-6-12(16)5-13/h6,9-11H,3-5,7-8,13H2,1-2H3. The van der Waals surface area contributed by atoms with Gasteiger partial charge in [0.2, 0.25) is 0 Å². The largest absolute Gasteiger partial charge is 0.333 e. The number of rotatable bonds is 4. The van der Waals surface area contributed by atoms with Crippen LogP contribution in [0.2, 0.25) is 0 Å². The minimum Gasteiger partial charge on any atom is -0.333 e. The second-order valence-electron chi connectivity index (χ2n) is 4.98. The van der Waals surface area contributed by atoms with Crippen molar-refractivity contribution in [2.75, 3.05) is 13.1 Å². The van der Waals surface area contributed by atoms with Crippen molar-refractivity contribution >= 4 is 0 Å². The van der Waals surface area contributed by atoms with Gasteiger partial charge in [0.25, 0.3) is 0 Å². The molecule has 2 heterocycles. The summed E-state index contributed by atoms with van der Waals surface area (Å²) in [6.07, 6.45) is 5.07. The summed E-state index contributed by atoms with van der Waals surface area (Å²) in [6.45, 7) is 8.63. The van der Waals surface area contributed by atoms with Gasteiger partial charge < -0.3 is 15.2 Å². The summed E-state index contributed by atoms with van der Waals surface area (Å²) in [5.41, 5.74) is 6.82. The van der Waals surface area contributed by atoms with Crippen molar-refractivity contribution in [3.8, 4) is 0 Å². The lowest BCUT2D eigenvalue weighted by molar-refractivity contribution is 0.260. The molecule has 4 nitrogen and oxygen atoms in total. The van der Waals surface area contributed by atoms with E-state index < -0.39 is 0 Å². The van der Waals surface area contributed by atoms with Crippen molar-refractivity contribution < 1.29 is 0 Å². The molecule has 0 aliphatic carbocycles. The molecule has 2 N–H and O–H groups in total. The summed E-state index contributed by atoms with van der Waals surface area (Å²) in [4.78, 5) is 6.70. The lowest BCUT2D eigenvalue weighted by atomic mass is 10.1. The third kappa shape index (κ3) is 2.44. The fraction of sp³-hybridized carbons (Fsp3) is 0.750. The number of hydrogen-bond donors (Lipinski definition) is 1. The van der Waals surface area contributed by atoms with Crippen LogP contribution in [0.4, 0.5) is 0 Å². The molecule has 1 saturated heterocycles. The monoisotopic (exact) mass is 222 g/mol. The molecule has 1 aliphatic heterocycles. The van der Waals surface area contributed by atoms with Gasteiger partial charge in [0.15, 0.2) is 0 Å². The summed E-state index contributed by atoms with van der Waals surface area (Å²) in [7, 11) is 0. The van der Waals surface area contributed by atoms with Crippen molar-refractivity contribution in [2.45, 2.75) is 39.4 Å². The van der Waals surface area contributed by atoms with Crippen LogP contribution in [0, 0.1) is 5.92 Å². The molecule has 0 radical (unpaired) electrons. The van der Waals surface area contributed by atoms with Crippen LogP contribution in [-0.4, -0.2) is 33.6 Å². The maximum absolute atomic E-state index is 5.67. The lowest BCUT2D eigenvalue weighted by Gasteiger charge is -2.20. The normalized spacial score (nSPS) is 22.1. The van der Waals surface area contributed by atoms with Crippen molar-refractivity contribution in [3.63, 3.8) is 0 Å². The van der Waals surface area contributed by atoms with Gasteiger partial charge in [-0.05, 0) is 32.7 Å². The molecule has 90 valence electrons. The SMILES string of the molecule is CC(C)N1CCC(Cn2cncc2CN)C1. The third-order valence-electron chi connectivity index (χ3n) is 3.51. The van der Waals surface area contributed by atoms with Crippen molar-refractivity contribution in [2.24, 2.45) is 11.7 Å². The molecule has 1 unspecified atom stereocenters.